The van der Waals surface area contributed by atoms with Gasteiger partial charge in [-0.15, -0.1) is 0 Å². The highest BCUT2D eigenvalue weighted by atomic mass is 35.5. The van der Waals surface area contributed by atoms with Crippen LogP contribution in [0.1, 0.15) is 24.2 Å². The highest BCUT2D eigenvalue weighted by molar-refractivity contribution is 6.33. The lowest BCUT2D eigenvalue weighted by Crippen LogP contribution is -2.34. The summed E-state index contributed by atoms with van der Waals surface area (Å²) < 4.78 is 0. The van der Waals surface area contributed by atoms with Gasteiger partial charge in [0.15, 0.2) is 0 Å². The van der Waals surface area contributed by atoms with Crippen molar-refractivity contribution >= 4 is 17.5 Å². The molecule has 5 nitrogen and oxygen atoms in total. The van der Waals surface area contributed by atoms with Gasteiger partial charge in [-0.2, -0.15) is 0 Å². The molecule has 0 spiro atoms. The second-order valence-corrected chi connectivity index (χ2v) is 5.01. The predicted molar refractivity (Wildman–Crippen MR) is 77.9 cm³/mol. The molecule has 104 valence electrons. The first-order chi connectivity index (χ1) is 9.49. The van der Waals surface area contributed by atoms with Crippen LogP contribution >= 0.6 is 11.6 Å². The summed E-state index contributed by atoms with van der Waals surface area (Å²) in [6.07, 6.45) is 3.12. The van der Waals surface area contributed by atoms with E-state index in [0.717, 1.165) is 0 Å². The summed E-state index contributed by atoms with van der Waals surface area (Å²) in [4.78, 5) is 30.4. The Morgan fingerprint density at radius 3 is 2.70 bits per heavy atom. The fourth-order valence-corrected chi connectivity index (χ4v) is 1.93. The minimum atomic E-state index is -0.458. The normalized spacial score (nSPS) is 10.6. The summed E-state index contributed by atoms with van der Waals surface area (Å²) in [5, 5.41) is 3.15. The standard InChI is InChI=1S/C14H14ClN3O2/c1-8(2)17-13(19)9-3-4-12(18-14(9)20)10-7-16-6-5-11(10)15/h3-8H,1-2H3,(H,17,19)(H,18,20). The van der Waals surface area contributed by atoms with Crippen LogP contribution in [0.3, 0.4) is 0 Å². The Morgan fingerprint density at radius 2 is 2.10 bits per heavy atom. The molecule has 0 saturated carbocycles. The molecule has 0 aliphatic carbocycles. The molecule has 0 saturated heterocycles. The van der Waals surface area contributed by atoms with E-state index < -0.39 is 11.5 Å². The lowest BCUT2D eigenvalue weighted by atomic mass is 10.1. The van der Waals surface area contributed by atoms with Crippen LogP contribution in [0.25, 0.3) is 11.3 Å². The first-order valence-electron chi connectivity index (χ1n) is 6.13. The van der Waals surface area contributed by atoms with Crippen molar-refractivity contribution in [3.63, 3.8) is 0 Å². The van der Waals surface area contributed by atoms with E-state index in [-0.39, 0.29) is 11.6 Å². The van der Waals surface area contributed by atoms with Crippen LogP contribution in [-0.4, -0.2) is 21.9 Å². The number of aromatic nitrogens is 2. The predicted octanol–water partition coefficient (Wildman–Crippen LogP) is 2.23. The van der Waals surface area contributed by atoms with E-state index in [0.29, 0.717) is 16.3 Å². The number of rotatable bonds is 3. The number of nitrogens with one attached hydrogen (secondary N) is 2. The molecule has 2 N–H and O–H groups in total. The lowest BCUT2D eigenvalue weighted by Gasteiger charge is -2.08. The Morgan fingerprint density at radius 1 is 1.35 bits per heavy atom. The van der Waals surface area contributed by atoms with E-state index in [1.165, 1.54) is 6.07 Å². The molecule has 1 amide bonds. The number of hydrogen-bond donors (Lipinski definition) is 2. The molecule has 0 unspecified atom stereocenters. The van der Waals surface area contributed by atoms with Crippen molar-refractivity contribution in [3.05, 3.63) is 51.5 Å². The van der Waals surface area contributed by atoms with E-state index in [2.05, 4.69) is 15.3 Å². The molecule has 20 heavy (non-hydrogen) atoms. The second kappa shape index (κ2) is 5.88. The summed E-state index contributed by atoms with van der Waals surface area (Å²) in [6, 6.07) is 4.72. The summed E-state index contributed by atoms with van der Waals surface area (Å²) >= 11 is 6.04. The van der Waals surface area contributed by atoms with Gasteiger partial charge in [-0.25, -0.2) is 0 Å². The Balaban J connectivity index is 2.38. The number of carbonyl (C=O) groups excluding carboxylic acids is 1. The third-order valence-corrected chi connectivity index (χ3v) is 2.96. The van der Waals surface area contributed by atoms with Crippen LogP contribution in [0, 0.1) is 0 Å². The Kier molecular flexibility index (Phi) is 4.20. The largest absolute Gasteiger partial charge is 0.350 e. The topological polar surface area (TPSA) is 74.8 Å². The van der Waals surface area contributed by atoms with Gasteiger partial charge in [0.25, 0.3) is 11.5 Å². The Hall–Kier alpha value is -2.14. The third kappa shape index (κ3) is 3.05. The minimum Gasteiger partial charge on any atom is -0.350 e. The highest BCUT2D eigenvalue weighted by Gasteiger charge is 2.13. The van der Waals surface area contributed by atoms with Gasteiger partial charge in [0, 0.05) is 24.0 Å². The van der Waals surface area contributed by atoms with Gasteiger partial charge < -0.3 is 10.3 Å². The Labute approximate surface area is 121 Å². The van der Waals surface area contributed by atoms with E-state index >= 15 is 0 Å². The third-order valence-electron chi connectivity index (χ3n) is 2.63. The van der Waals surface area contributed by atoms with Crippen LogP contribution < -0.4 is 10.9 Å². The summed E-state index contributed by atoms with van der Waals surface area (Å²) in [5.41, 5.74) is 0.749. The van der Waals surface area contributed by atoms with Crippen molar-refractivity contribution in [2.75, 3.05) is 0 Å². The van der Waals surface area contributed by atoms with Crippen molar-refractivity contribution in [2.45, 2.75) is 19.9 Å². The van der Waals surface area contributed by atoms with Gasteiger partial charge in [0.05, 0.1) is 10.7 Å². The van der Waals surface area contributed by atoms with Crippen molar-refractivity contribution in [1.82, 2.24) is 15.3 Å². The number of carbonyl (C=O) groups is 1. The second-order valence-electron chi connectivity index (χ2n) is 4.60. The number of pyridine rings is 2. The molecule has 0 aromatic carbocycles. The molecule has 6 heteroatoms. The van der Waals surface area contributed by atoms with Crippen LogP contribution in [0.15, 0.2) is 35.4 Å². The maximum Gasteiger partial charge on any atom is 0.261 e. The molecular formula is C14H14ClN3O2. The molecule has 2 aromatic rings. The van der Waals surface area contributed by atoms with Crippen LogP contribution in [0.2, 0.25) is 5.02 Å². The fraction of sp³-hybridized carbons (Fsp3) is 0.214. The van der Waals surface area contributed by atoms with Crippen molar-refractivity contribution in [3.8, 4) is 11.3 Å². The molecule has 2 rings (SSSR count). The zero-order valence-corrected chi connectivity index (χ0v) is 11.9. The molecule has 0 aliphatic heterocycles. The minimum absolute atomic E-state index is 0.0330. The number of halogens is 1. The number of aromatic amines is 1. The smallest absolute Gasteiger partial charge is 0.261 e. The monoisotopic (exact) mass is 291 g/mol. The number of hydrogen-bond acceptors (Lipinski definition) is 3. The number of amides is 1. The van der Waals surface area contributed by atoms with Crippen molar-refractivity contribution in [2.24, 2.45) is 0 Å². The molecule has 0 aliphatic rings. The average Bonchev–Trinajstić information content (AvgIpc) is 2.38. The fourth-order valence-electron chi connectivity index (χ4n) is 1.73. The summed E-state index contributed by atoms with van der Waals surface area (Å²) in [5.74, 6) is -0.398. The maximum atomic E-state index is 12.0. The van der Waals surface area contributed by atoms with Gasteiger partial charge >= 0.3 is 0 Å². The molecular weight excluding hydrogens is 278 g/mol. The first kappa shape index (κ1) is 14.3. The average molecular weight is 292 g/mol. The zero-order chi connectivity index (χ0) is 14.7. The Bertz CT molecular complexity index is 695. The molecule has 0 fully saturated rings. The van der Waals surface area contributed by atoms with Crippen molar-refractivity contribution < 1.29 is 4.79 Å². The molecule has 0 radical (unpaired) electrons. The molecule has 0 atom stereocenters. The zero-order valence-electron chi connectivity index (χ0n) is 11.1. The van der Waals surface area contributed by atoms with Gasteiger partial charge in [-0.1, -0.05) is 11.6 Å². The van der Waals surface area contributed by atoms with Gasteiger partial charge in [0.2, 0.25) is 0 Å². The van der Waals surface area contributed by atoms with E-state index in [1.807, 2.05) is 13.8 Å². The molecule has 2 heterocycles. The maximum absolute atomic E-state index is 12.0. The quantitative estimate of drug-likeness (QED) is 0.910. The van der Waals surface area contributed by atoms with Gasteiger partial charge in [-0.3, -0.25) is 14.6 Å². The van der Waals surface area contributed by atoms with Gasteiger partial charge in [0.1, 0.15) is 5.56 Å². The number of H-pyrrole nitrogens is 1. The number of nitrogens with zero attached hydrogens (tertiary/aromatic N) is 1. The van der Waals surface area contributed by atoms with Crippen LogP contribution in [-0.2, 0) is 0 Å². The lowest BCUT2D eigenvalue weighted by molar-refractivity contribution is 0.0941. The van der Waals surface area contributed by atoms with Gasteiger partial charge in [-0.05, 0) is 32.0 Å². The molecule has 0 bridgehead atoms. The van der Waals surface area contributed by atoms with E-state index in [4.69, 9.17) is 11.6 Å². The van der Waals surface area contributed by atoms with Crippen LogP contribution in [0.4, 0.5) is 0 Å². The first-order valence-corrected chi connectivity index (χ1v) is 6.51. The van der Waals surface area contributed by atoms with Crippen LogP contribution in [0.5, 0.6) is 0 Å². The molecule has 2 aromatic heterocycles. The van der Waals surface area contributed by atoms with E-state index in [9.17, 15) is 9.59 Å². The van der Waals surface area contributed by atoms with Crippen molar-refractivity contribution in [1.29, 1.82) is 0 Å². The summed E-state index contributed by atoms with van der Waals surface area (Å²) in [7, 11) is 0. The summed E-state index contributed by atoms with van der Waals surface area (Å²) in [6.45, 7) is 3.66. The highest BCUT2D eigenvalue weighted by Crippen LogP contribution is 2.23. The van der Waals surface area contributed by atoms with E-state index in [1.54, 1.807) is 24.5 Å². The SMILES string of the molecule is CC(C)NC(=O)c1ccc(-c2cnccc2Cl)[nH]c1=O.